The molecule has 1 aliphatic rings. The predicted molar refractivity (Wildman–Crippen MR) is 125 cm³/mol. The minimum absolute atomic E-state index is 0.0298. The number of fused-ring (bicyclic) bond motifs is 1. The Morgan fingerprint density at radius 3 is 2.38 bits per heavy atom. The van der Waals surface area contributed by atoms with Gasteiger partial charge in [-0.25, -0.2) is 4.79 Å². The van der Waals surface area contributed by atoms with E-state index in [0.717, 1.165) is 0 Å². The van der Waals surface area contributed by atoms with Crippen molar-refractivity contribution in [1.82, 2.24) is 5.32 Å². The van der Waals surface area contributed by atoms with Crippen molar-refractivity contribution in [1.29, 1.82) is 0 Å². The monoisotopic (exact) mass is 458 g/mol. The highest BCUT2D eigenvalue weighted by molar-refractivity contribution is 6.10. The minimum Gasteiger partial charge on any atom is -0.462 e. The zero-order chi connectivity index (χ0) is 23.9. The molecule has 0 atom stereocenters. The Morgan fingerprint density at radius 2 is 1.65 bits per heavy atom. The summed E-state index contributed by atoms with van der Waals surface area (Å²) in [6.45, 7) is 2.12. The van der Waals surface area contributed by atoms with Crippen molar-refractivity contribution < 1.29 is 28.6 Å². The number of anilines is 1. The van der Waals surface area contributed by atoms with Gasteiger partial charge in [-0.3, -0.25) is 9.59 Å². The average molecular weight is 458 g/mol. The number of amides is 2. The molecule has 0 unspecified atom stereocenters. The molecule has 172 valence electrons. The number of esters is 1. The Labute approximate surface area is 196 Å². The lowest BCUT2D eigenvalue weighted by Crippen LogP contribution is -2.30. The van der Waals surface area contributed by atoms with E-state index in [4.69, 9.17) is 14.2 Å². The van der Waals surface area contributed by atoms with Crippen LogP contribution in [-0.4, -0.2) is 31.2 Å². The van der Waals surface area contributed by atoms with Gasteiger partial charge >= 0.3 is 5.97 Å². The lowest BCUT2D eigenvalue weighted by Gasteiger charge is -2.12. The van der Waals surface area contributed by atoms with E-state index >= 15 is 0 Å². The molecule has 1 aliphatic heterocycles. The summed E-state index contributed by atoms with van der Waals surface area (Å²) in [6, 6.07) is 20.1. The van der Waals surface area contributed by atoms with Gasteiger partial charge in [0.15, 0.2) is 11.5 Å². The van der Waals surface area contributed by atoms with Crippen LogP contribution < -0.4 is 20.1 Å². The molecular weight excluding hydrogens is 436 g/mol. The molecule has 34 heavy (non-hydrogen) atoms. The van der Waals surface area contributed by atoms with E-state index in [-0.39, 0.29) is 19.1 Å². The number of benzene rings is 3. The van der Waals surface area contributed by atoms with Crippen LogP contribution in [0, 0.1) is 0 Å². The maximum Gasteiger partial charge on any atom is 0.338 e. The maximum absolute atomic E-state index is 13.1. The Kier molecular flexibility index (Phi) is 6.88. The van der Waals surface area contributed by atoms with Gasteiger partial charge < -0.3 is 24.8 Å². The van der Waals surface area contributed by atoms with Crippen LogP contribution in [0.25, 0.3) is 6.08 Å². The Balaban J connectivity index is 1.57. The van der Waals surface area contributed by atoms with Crippen LogP contribution in [0.3, 0.4) is 0 Å². The second-order valence-corrected chi connectivity index (χ2v) is 7.24. The summed E-state index contributed by atoms with van der Waals surface area (Å²) in [4.78, 5) is 37.7. The average Bonchev–Trinajstić information content (AvgIpc) is 3.32. The van der Waals surface area contributed by atoms with Crippen LogP contribution in [0.15, 0.2) is 78.5 Å². The quantitative estimate of drug-likeness (QED) is 0.410. The first-order valence-corrected chi connectivity index (χ1v) is 10.6. The van der Waals surface area contributed by atoms with Crippen molar-refractivity contribution in [3.05, 3.63) is 95.2 Å². The van der Waals surface area contributed by atoms with Crippen LogP contribution >= 0.6 is 0 Å². The third kappa shape index (κ3) is 5.42. The molecule has 0 aromatic heterocycles. The highest BCUT2D eigenvalue weighted by Crippen LogP contribution is 2.33. The molecule has 0 saturated heterocycles. The second-order valence-electron chi connectivity index (χ2n) is 7.24. The lowest BCUT2D eigenvalue weighted by molar-refractivity contribution is -0.113. The lowest BCUT2D eigenvalue weighted by atomic mass is 10.1. The molecule has 0 spiro atoms. The van der Waals surface area contributed by atoms with Crippen molar-refractivity contribution in [2.45, 2.75) is 6.92 Å². The van der Waals surface area contributed by atoms with Crippen molar-refractivity contribution in [2.75, 3.05) is 18.7 Å². The molecule has 0 aliphatic carbocycles. The van der Waals surface area contributed by atoms with E-state index < -0.39 is 17.8 Å². The summed E-state index contributed by atoms with van der Waals surface area (Å²) in [5.74, 6) is -0.249. The maximum atomic E-state index is 13.1. The molecule has 2 amide bonds. The molecule has 8 heteroatoms. The summed E-state index contributed by atoms with van der Waals surface area (Å²) >= 11 is 0. The fourth-order valence-electron chi connectivity index (χ4n) is 3.21. The van der Waals surface area contributed by atoms with Gasteiger partial charge in [0, 0.05) is 11.3 Å². The SMILES string of the molecule is CCOC(=O)c1ccc(NC(=O)C(=Cc2ccc3c(c2)OCO3)NC(=O)c2ccccc2)cc1. The molecule has 0 saturated carbocycles. The van der Waals surface area contributed by atoms with Gasteiger partial charge in [-0.05, 0) is 67.1 Å². The normalized spacial score (nSPS) is 12.1. The summed E-state index contributed by atoms with van der Waals surface area (Å²) in [6.07, 6.45) is 1.55. The van der Waals surface area contributed by atoms with Crippen molar-refractivity contribution in [3.8, 4) is 11.5 Å². The van der Waals surface area contributed by atoms with Crippen LogP contribution in [-0.2, 0) is 9.53 Å². The molecule has 1 heterocycles. The summed E-state index contributed by atoms with van der Waals surface area (Å²) < 4.78 is 15.7. The fourth-order valence-corrected chi connectivity index (χ4v) is 3.21. The topological polar surface area (TPSA) is 103 Å². The molecule has 0 radical (unpaired) electrons. The first-order valence-electron chi connectivity index (χ1n) is 10.6. The van der Waals surface area contributed by atoms with Crippen LogP contribution in [0.1, 0.15) is 33.2 Å². The standard InChI is InChI=1S/C26H22N2O6/c1-2-32-26(31)19-9-11-20(12-10-19)27-25(30)21(28-24(29)18-6-4-3-5-7-18)14-17-8-13-22-23(15-17)34-16-33-22/h3-15H,2,16H2,1H3,(H,27,30)(H,28,29). The second kappa shape index (κ2) is 10.4. The minimum atomic E-state index is -0.536. The van der Waals surface area contributed by atoms with E-state index in [2.05, 4.69) is 10.6 Å². The summed E-state index contributed by atoms with van der Waals surface area (Å²) in [7, 11) is 0. The zero-order valence-electron chi connectivity index (χ0n) is 18.4. The number of ether oxygens (including phenoxy) is 3. The molecule has 0 fully saturated rings. The number of rotatable bonds is 7. The molecule has 4 rings (SSSR count). The van der Waals surface area contributed by atoms with E-state index in [0.29, 0.717) is 33.9 Å². The van der Waals surface area contributed by atoms with E-state index in [1.165, 1.54) is 0 Å². The Bertz CT molecular complexity index is 1240. The smallest absolute Gasteiger partial charge is 0.338 e. The van der Waals surface area contributed by atoms with Gasteiger partial charge in [-0.1, -0.05) is 24.3 Å². The van der Waals surface area contributed by atoms with Crippen LogP contribution in [0.2, 0.25) is 0 Å². The number of carbonyl (C=O) groups is 3. The van der Waals surface area contributed by atoms with E-state index in [9.17, 15) is 14.4 Å². The van der Waals surface area contributed by atoms with Crippen LogP contribution in [0.5, 0.6) is 11.5 Å². The number of hydrogen-bond acceptors (Lipinski definition) is 6. The summed E-state index contributed by atoms with van der Waals surface area (Å²) in [5.41, 5.74) is 1.89. The third-order valence-electron chi connectivity index (χ3n) is 4.89. The molecule has 2 N–H and O–H groups in total. The van der Waals surface area contributed by atoms with Crippen molar-refractivity contribution in [2.24, 2.45) is 0 Å². The number of nitrogens with one attached hydrogen (secondary N) is 2. The van der Waals surface area contributed by atoms with Gasteiger partial charge in [0.05, 0.1) is 12.2 Å². The fraction of sp³-hybridized carbons (Fsp3) is 0.115. The molecular formula is C26H22N2O6. The number of carbonyl (C=O) groups excluding carboxylic acids is 3. The van der Waals surface area contributed by atoms with Crippen molar-refractivity contribution in [3.63, 3.8) is 0 Å². The van der Waals surface area contributed by atoms with Crippen LogP contribution in [0.4, 0.5) is 5.69 Å². The molecule has 3 aromatic rings. The molecule has 3 aromatic carbocycles. The summed E-state index contributed by atoms with van der Waals surface area (Å²) in [5, 5.41) is 5.42. The molecule has 8 nitrogen and oxygen atoms in total. The van der Waals surface area contributed by atoms with Crippen molar-refractivity contribution >= 4 is 29.5 Å². The zero-order valence-corrected chi connectivity index (χ0v) is 18.4. The Hall–Kier alpha value is -4.59. The van der Waals surface area contributed by atoms with Gasteiger partial charge in [0.1, 0.15) is 5.70 Å². The highest BCUT2D eigenvalue weighted by atomic mass is 16.7. The first kappa shape index (κ1) is 22.6. The predicted octanol–water partition coefficient (Wildman–Crippen LogP) is 4.00. The first-order chi connectivity index (χ1) is 16.5. The van der Waals surface area contributed by atoms with E-state index in [1.807, 2.05) is 0 Å². The number of hydrogen-bond donors (Lipinski definition) is 2. The Morgan fingerprint density at radius 1 is 0.912 bits per heavy atom. The third-order valence-corrected chi connectivity index (χ3v) is 4.89. The van der Waals surface area contributed by atoms with Gasteiger partial charge in [-0.2, -0.15) is 0 Å². The van der Waals surface area contributed by atoms with Gasteiger partial charge in [0.2, 0.25) is 6.79 Å². The van der Waals surface area contributed by atoms with Gasteiger partial charge in [-0.15, -0.1) is 0 Å². The molecule has 0 bridgehead atoms. The van der Waals surface area contributed by atoms with E-state index in [1.54, 1.807) is 85.8 Å². The highest BCUT2D eigenvalue weighted by Gasteiger charge is 2.17. The van der Waals surface area contributed by atoms with Gasteiger partial charge in [0.25, 0.3) is 11.8 Å². The largest absolute Gasteiger partial charge is 0.462 e.